The van der Waals surface area contributed by atoms with Crippen molar-refractivity contribution >= 4 is 23.8 Å². The van der Waals surface area contributed by atoms with Crippen molar-refractivity contribution in [2.45, 2.75) is 44.7 Å². The van der Waals surface area contributed by atoms with Gasteiger partial charge in [-0.25, -0.2) is 4.79 Å². The van der Waals surface area contributed by atoms with E-state index in [1.54, 1.807) is 24.3 Å². The molecular formula is C18H26N4O5. The maximum Gasteiger partial charge on any atom is 0.404 e. The fourth-order valence-corrected chi connectivity index (χ4v) is 2.25. The molecule has 0 bridgehead atoms. The summed E-state index contributed by atoms with van der Waals surface area (Å²) in [6.45, 7) is 3.05. The molecule has 9 heteroatoms. The van der Waals surface area contributed by atoms with Crippen molar-refractivity contribution in [1.29, 1.82) is 0 Å². The minimum Gasteiger partial charge on any atom is -0.465 e. The van der Waals surface area contributed by atoms with Crippen molar-refractivity contribution in [2.75, 3.05) is 6.54 Å². The van der Waals surface area contributed by atoms with Crippen LogP contribution in [0, 0.1) is 0 Å². The number of rotatable bonds is 10. The fourth-order valence-electron chi connectivity index (χ4n) is 2.25. The Morgan fingerprint density at radius 3 is 2.33 bits per heavy atom. The first kappa shape index (κ1) is 21.9. The number of amides is 4. The lowest BCUT2D eigenvalue weighted by Gasteiger charge is -2.26. The molecule has 27 heavy (non-hydrogen) atoms. The van der Waals surface area contributed by atoms with Gasteiger partial charge < -0.3 is 26.8 Å². The third-order valence-electron chi connectivity index (χ3n) is 3.86. The highest BCUT2D eigenvalue weighted by molar-refractivity contribution is 5.93. The zero-order valence-corrected chi connectivity index (χ0v) is 15.5. The Morgan fingerprint density at radius 2 is 1.78 bits per heavy atom. The van der Waals surface area contributed by atoms with Gasteiger partial charge in [0.05, 0.1) is 6.42 Å². The second-order valence-electron chi connectivity index (χ2n) is 6.64. The molecule has 0 spiro atoms. The standard InChI is InChI=1S/C18H26N4O5/c1-18(2,16(19)25)22-15(24)13(9-6-10-20-17(26)27)21-14(23)11-12-7-4-3-5-8-12/h3-5,7-8,13,20H,6,9-11H2,1-2H3,(H2,19,25)(H,21,23)(H,22,24)(H,26,27)/t13-/m1/s1. The van der Waals surface area contributed by atoms with Crippen molar-refractivity contribution in [3.63, 3.8) is 0 Å². The topological polar surface area (TPSA) is 151 Å². The lowest BCUT2D eigenvalue weighted by Crippen LogP contribution is -2.58. The molecule has 0 radical (unpaired) electrons. The molecule has 1 aromatic rings. The molecule has 0 unspecified atom stereocenters. The van der Waals surface area contributed by atoms with E-state index in [0.717, 1.165) is 5.56 Å². The van der Waals surface area contributed by atoms with Crippen LogP contribution in [-0.2, 0) is 20.8 Å². The van der Waals surface area contributed by atoms with Gasteiger partial charge in [-0.1, -0.05) is 30.3 Å². The van der Waals surface area contributed by atoms with Crippen LogP contribution in [0.1, 0.15) is 32.3 Å². The molecule has 6 N–H and O–H groups in total. The Labute approximate surface area is 157 Å². The van der Waals surface area contributed by atoms with Crippen LogP contribution in [0.2, 0.25) is 0 Å². The number of carboxylic acid groups (broad SMARTS) is 1. The third-order valence-corrected chi connectivity index (χ3v) is 3.86. The Balaban J connectivity index is 2.73. The molecule has 1 aromatic carbocycles. The summed E-state index contributed by atoms with van der Waals surface area (Å²) >= 11 is 0. The van der Waals surface area contributed by atoms with Gasteiger partial charge >= 0.3 is 6.09 Å². The van der Waals surface area contributed by atoms with Crippen LogP contribution in [-0.4, -0.2) is 47.0 Å². The summed E-state index contributed by atoms with van der Waals surface area (Å²) in [6, 6.07) is 8.11. The van der Waals surface area contributed by atoms with E-state index in [1.165, 1.54) is 13.8 Å². The quantitative estimate of drug-likeness (QED) is 0.367. The van der Waals surface area contributed by atoms with Gasteiger partial charge in [0.25, 0.3) is 0 Å². The van der Waals surface area contributed by atoms with Crippen molar-refractivity contribution in [1.82, 2.24) is 16.0 Å². The molecule has 0 heterocycles. The van der Waals surface area contributed by atoms with Crippen LogP contribution < -0.4 is 21.7 Å². The van der Waals surface area contributed by atoms with Gasteiger partial charge in [0.1, 0.15) is 11.6 Å². The fraction of sp³-hybridized carbons (Fsp3) is 0.444. The molecule has 0 aliphatic rings. The number of hydrogen-bond acceptors (Lipinski definition) is 4. The Hall–Kier alpha value is -3.10. The highest BCUT2D eigenvalue weighted by Crippen LogP contribution is 2.06. The van der Waals surface area contributed by atoms with Gasteiger partial charge in [0.2, 0.25) is 17.7 Å². The highest BCUT2D eigenvalue weighted by Gasteiger charge is 2.30. The van der Waals surface area contributed by atoms with E-state index in [9.17, 15) is 19.2 Å². The predicted octanol–water partition coefficient (Wildman–Crippen LogP) is 0.142. The first-order valence-corrected chi connectivity index (χ1v) is 8.54. The first-order valence-electron chi connectivity index (χ1n) is 8.54. The number of primary amides is 1. The maximum absolute atomic E-state index is 12.5. The Morgan fingerprint density at radius 1 is 1.15 bits per heavy atom. The van der Waals surface area contributed by atoms with E-state index in [1.807, 2.05) is 6.07 Å². The SMILES string of the molecule is CC(C)(NC(=O)[C@@H](CCCNC(=O)O)NC(=O)Cc1ccccc1)C(N)=O. The predicted molar refractivity (Wildman–Crippen MR) is 98.8 cm³/mol. The van der Waals surface area contributed by atoms with Crippen LogP contribution in [0.15, 0.2) is 30.3 Å². The summed E-state index contributed by atoms with van der Waals surface area (Å²) in [4.78, 5) is 46.7. The molecule has 0 saturated carbocycles. The lowest BCUT2D eigenvalue weighted by molar-refractivity contribution is -0.133. The largest absolute Gasteiger partial charge is 0.465 e. The van der Waals surface area contributed by atoms with E-state index in [0.29, 0.717) is 6.42 Å². The smallest absolute Gasteiger partial charge is 0.404 e. The number of carbonyl (C=O) groups excluding carboxylic acids is 3. The molecule has 0 fully saturated rings. The molecule has 148 valence electrons. The molecule has 4 amide bonds. The molecular weight excluding hydrogens is 352 g/mol. The van der Waals surface area contributed by atoms with E-state index in [4.69, 9.17) is 10.8 Å². The summed E-state index contributed by atoms with van der Waals surface area (Å²) in [5.41, 5.74) is 4.77. The Bertz CT molecular complexity index is 676. The molecule has 0 aromatic heterocycles. The summed E-state index contributed by atoms with van der Waals surface area (Å²) in [5.74, 6) is -1.63. The van der Waals surface area contributed by atoms with Crippen molar-refractivity contribution in [2.24, 2.45) is 5.73 Å². The molecule has 0 aliphatic heterocycles. The maximum atomic E-state index is 12.5. The monoisotopic (exact) mass is 378 g/mol. The molecule has 9 nitrogen and oxygen atoms in total. The summed E-state index contributed by atoms with van der Waals surface area (Å²) < 4.78 is 0. The van der Waals surface area contributed by atoms with E-state index in [-0.39, 0.29) is 25.3 Å². The van der Waals surface area contributed by atoms with Gasteiger partial charge in [-0.3, -0.25) is 14.4 Å². The van der Waals surface area contributed by atoms with Gasteiger partial charge in [-0.2, -0.15) is 0 Å². The minimum atomic E-state index is -1.28. The number of carbonyl (C=O) groups is 4. The van der Waals surface area contributed by atoms with Crippen LogP contribution >= 0.6 is 0 Å². The van der Waals surface area contributed by atoms with Gasteiger partial charge in [-0.15, -0.1) is 0 Å². The number of hydrogen-bond donors (Lipinski definition) is 5. The van der Waals surface area contributed by atoms with Crippen LogP contribution in [0.3, 0.4) is 0 Å². The number of nitrogens with one attached hydrogen (secondary N) is 3. The first-order chi connectivity index (χ1) is 12.6. The molecule has 1 atom stereocenters. The summed E-state index contributed by atoms with van der Waals surface area (Å²) in [5, 5.41) is 15.9. The van der Waals surface area contributed by atoms with Gasteiger partial charge in [0, 0.05) is 6.54 Å². The van der Waals surface area contributed by atoms with Crippen molar-refractivity contribution in [3.05, 3.63) is 35.9 Å². The van der Waals surface area contributed by atoms with E-state index >= 15 is 0 Å². The van der Waals surface area contributed by atoms with Gasteiger partial charge in [0.15, 0.2) is 0 Å². The zero-order chi connectivity index (χ0) is 20.4. The number of benzene rings is 1. The van der Waals surface area contributed by atoms with E-state index < -0.39 is 29.5 Å². The van der Waals surface area contributed by atoms with Crippen molar-refractivity contribution in [3.8, 4) is 0 Å². The molecule has 0 saturated heterocycles. The second kappa shape index (κ2) is 10.1. The average molecular weight is 378 g/mol. The van der Waals surface area contributed by atoms with Crippen molar-refractivity contribution < 1.29 is 24.3 Å². The average Bonchev–Trinajstić information content (AvgIpc) is 2.57. The van der Waals surface area contributed by atoms with Crippen LogP contribution in [0.5, 0.6) is 0 Å². The Kier molecular flexibility index (Phi) is 8.25. The number of nitrogens with two attached hydrogens (primary N) is 1. The molecule has 0 aliphatic carbocycles. The summed E-state index contributed by atoms with van der Waals surface area (Å²) in [6.07, 6.45) is -0.551. The molecule has 1 rings (SSSR count). The third kappa shape index (κ3) is 8.21. The van der Waals surface area contributed by atoms with E-state index in [2.05, 4.69) is 16.0 Å². The minimum absolute atomic E-state index is 0.0945. The zero-order valence-electron chi connectivity index (χ0n) is 15.5. The second-order valence-corrected chi connectivity index (χ2v) is 6.64. The highest BCUT2D eigenvalue weighted by atomic mass is 16.4. The lowest BCUT2D eigenvalue weighted by atomic mass is 10.0. The normalized spacial score (nSPS) is 11.9. The summed E-state index contributed by atoms with van der Waals surface area (Å²) in [7, 11) is 0. The van der Waals surface area contributed by atoms with Gasteiger partial charge in [-0.05, 0) is 32.3 Å². The van der Waals surface area contributed by atoms with Crippen LogP contribution in [0.25, 0.3) is 0 Å². The van der Waals surface area contributed by atoms with Crippen LogP contribution in [0.4, 0.5) is 4.79 Å².